The average Bonchev–Trinajstić information content (AvgIpc) is 2.55. The minimum absolute atomic E-state index is 0.0114. The van der Waals surface area contributed by atoms with E-state index in [1.165, 1.54) is 0 Å². The van der Waals surface area contributed by atoms with Crippen molar-refractivity contribution in [3.05, 3.63) is 0 Å². The standard InChI is InChI=1S/C16H29O9P/c1-6-21-13(17)11-12(15(18)22-7-2)14(16(19)23-8-3)26(20,24-9-4)25-10-5/h12,14H,6-11H2,1-5H3. The van der Waals surface area contributed by atoms with Crippen molar-refractivity contribution in [2.75, 3.05) is 33.0 Å². The van der Waals surface area contributed by atoms with Gasteiger partial charge in [0.05, 0.1) is 45.4 Å². The van der Waals surface area contributed by atoms with Gasteiger partial charge in [0, 0.05) is 0 Å². The van der Waals surface area contributed by atoms with Gasteiger partial charge >= 0.3 is 25.5 Å². The molecule has 2 atom stereocenters. The van der Waals surface area contributed by atoms with Crippen LogP contribution in [-0.2, 0) is 42.2 Å². The largest absolute Gasteiger partial charge is 0.466 e. The molecule has 0 aromatic rings. The van der Waals surface area contributed by atoms with Crippen LogP contribution in [0.2, 0.25) is 0 Å². The highest BCUT2D eigenvalue weighted by Gasteiger charge is 2.51. The first-order chi connectivity index (χ1) is 12.3. The van der Waals surface area contributed by atoms with Crippen molar-refractivity contribution < 1.29 is 42.2 Å². The fourth-order valence-electron chi connectivity index (χ4n) is 2.27. The molecule has 152 valence electrons. The Labute approximate surface area is 154 Å². The van der Waals surface area contributed by atoms with Crippen molar-refractivity contribution in [3.63, 3.8) is 0 Å². The average molecular weight is 396 g/mol. The third kappa shape index (κ3) is 7.43. The van der Waals surface area contributed by atoms with E-state index in [0.29, 0.717) is 0 Å². The molecule has 0 saturated carbocycles. The molecule has 0 fully saturated rings. The predicted molar refractivity (Wildman–Crippen MR) is 92.7 cm³/mol. The molecular weight excluding hydrogens is 367 g/mol. The minimum Gasteiger partial charge on any atom is -0.466 e. The monoisotopic (exact) mass is 396 g/mol. The van der Waals surface area contributed by atoms with Crippen LogP contribution in [0, 0.1) is 5.92 Å². The van der Waals surface area contributed by atoms with Crippen LogP contribution in [0.25, 0.3) is 0 Å². The van der Waals surface area contributed by atoms with Crippen molar-refractivity contribution in [1.29, 1.82) is 0 Å². The SMILES string of the molecule is CCOC(=O)CC(C(=O)OCC)C(C(=O)OCC)P(=O)(OCC)OCC. The van der Waals surface area contributed by atoms with Gasteiger partial charge in [-0.2, -0.15) is 0 Å². The van der Waals surface area contributed by atoms with Gasteiger partial charge in [-0.3, -0.25) is 18.9 Å². The Bertz CT molecular complexity index is 496. The zero-order valence-electron chi connectivity index (χ0n) is 16.0. The highest BCUT2D eigenvalue weighted by atomic mass is 31.2. The summed E-state index contributed by atoms with van der Waals surface area (Å²) in [4.78, 5) is 36.9. The molecule has 0 rings (SSSR count). The van der Waals surface area contributed by atoms with Gasteiger partial charge in [0.2, 0.25) is 0 Å². The molecule has 0 bridgehead atoms. The van der Waals surface area contributed by atoms with E-state index in [1.54, 1.807) is 34.6 Å². The van der Waals surface area contributed by atoms with Crippen molar-refractivity contribution in [2.24, 2.45) is 5.92 Å². The van der Waals surface area contributed by atoms with E-state index in [9.17, 15) is 18.9 Å². The third-order valence-corrected chi connectivity index (χ3v) is 5.64. The molecule has 0 aliphatic heterocycles. The minimum atomic E-state index is -4.11. The third-order valence-electron chi connectivity index (χ3n) is 3.15. The Morgan fingerprint density at radius 2 is 1.19 bits per heavy atom. The normalized spacial score (nSPS) is 13.6. The summed E-state index contributed by atoms with van der Waals surface area (Å²) in [7, 11) is -4.11. The van der Waals surface area contributed by atoms with E-state index in [-0.39, 0.29) is 33.0 Å². The first-order valence-corrected chi connectivity index (χ1v) is 10.3. The van der Waals surface area contributed by atoms with Crippen molar-refractivity contribution in [2.45, 2.75) is 46.7 Å². The summed E-state index contributed by atoms with van der Waals surface area (Å²) in [6.45, 7) is 7.92. The smallest absolute Gasteiger partial charge is 0.345 e. The Balaban J connectivity index is 6.04. The number of ether oxygens (including phenoxy) is 3. The van der Waals surface area contributed by atoms with Crippen LogP contribution in [0.1, 0.15) is 41.0 Å². The number of esters is 3. The fourth-order valence-corrected chi connectivity index (χ4v) is 4.39. The van der Waals surface area contributed by atoms with Gasteiger partial charge in [0.15, 0.2) is 5.66 Å². The highest BCUT2D eigenvalue weighted by molar-refractivity contribution is 7.55. The molecule has 0 heterocycles. The Morgan fingerprint density at radius 3 is 1.62 bits per heavy atom. The van der Waals surface area contributed by atoms with E-state index in [4.69, 9.17) is 23.3 Å². The fraction of sp³-hybridized carbons (Fsp3) is 0.812. The van der Waals surface area contributed by atoms with Gasteiger partial charge in [-0.05, 0) is 34.6 Å². The lowest BCUT2D eigenvalue weighted by Gasteiger charge is -2.29. The molecule has 0 aromatic heterocycles. The molecule has 0 N–H and O–H groups in total. The topological polar surface area (TPSA) is 114 Å². The van der Waals surface area contributed by atoms with E-state index in [1.807, 2.05) is 0 Å². The zero-order valence-corrected chi connectivity index (χ0v) is 16.9. The molecule has 0 amide bonds. The molecule has 26 heavy (non-hydrogen) atoms. The van der Waals surface area contributed by atoms with Gasteiger partial charge in [-0.15, -0.1) is 0 Å². The highest BCUT2D eigenvalue weighted by Crippen LogP contribution is 2.56. The van der Waals surface area contributed by atoms with Crippen LogP contribution in [0.4, 0.5) is 0 Å². The maximum Gasteiger partial charge on any atom is 0.345 e. The molecule has 0 saturated heterocycles. The van der Waals surface area contributed by atoms with Crippen LogP contribution >= 0.6 is 7.60 Å². The second-order valence-electron chi connectivity index (χ2n) is 4.94. The second kappa shape index (κ2) is 12.8. The summed E-state index contributed by atoms with van der Waals surface area (Å²) in [5.74, 6) is -3.99. The van der Waals surface area contributed by atoms with E-state index >= 15 is 0 Å². The number of rotatable bonds is 13. The molecule has 0 spiro atoms. The molecule has 2 unspecified atom stereocenters. The number of carbonyl (C=O) groups excluding carboxylic acids is 3. The molecule has 0 radical (unpaired) electrons. The summed E-state index contributed by atoms with van der Waals surface area (Å²) in [5, 5.41) is 0. The molecule has 0 aliphatic rings. The van der Waals surface area contributed by atoms with Crippen molar-refractivity contribution in [3.8, 4) is 0 Å². The number of hydrogen-bond donors (Lipinski definition) is 0. The molecule has 10 heteroatoms. The van der Waals surface area contributed by atoms with Crippen LogP contribution in [0.3, 0.4) is 0 Å². The Hall–Kier alpha value is -1.44. The first kappa shape index (κ1) is 24.6. The lowest BCUT2D eigenvalue weighted by molar-refractivity contribution is -0.159. The van der Waals surface area contributed by atoms with Crippen LogP contribution in [0.5, 0.6) is 0 Å². The summed E-state index contributed by atoms with van der Waals surface area (Å²) in [6.07, 6.45) is -0.514. The Kier molecular flexibility index (Phi) is 12.1. The van der Waals surface area contributed by atoms with Gasteiger partial charge in [-0.25, -0.2) is 0 Å². The van der Waals surface area contributed by atoms with E-state index in [2.05, 4.69) is 0 Å². The van der Waals surface area contributed by atoms with Crippen molar-refractivity contribution >= 4 is 25.5 Å². The van der Waals surface area contributed by atoms with Gasteiger partial charge in [0.1, 0.15) is 0 Å². The quantitative estimate of drug-likeness (QED) is 0.263. The maximum absolute atomic E-state index is 13.2. The Morgan fingerprint density at radius 1 is 0.731 bits per heavy atom. The van der Waals surface area contributed by atoms with Crippen LogP contribution in [0.15, 0.2) is 0 Å². The van der Waals surface area contributed by atoms with Crippen LogP contribution < -0.4 is 0 Å². The molecule has 0 aromatic carbocycles. The van der Waals surface area contributed by atoms with Gasteiger partial charge in [-0.1, -0.05) is 0 Å². The maximum atomic E-state index is 13.2. The summed E-state index contributed by atoms with van der Waals surface area (Å²) >= 11 is 0. The van der Waals surface area contributed by atoms with Crippen molar-refractivity contribution in [1.82, 2.24) is 0 Å². The van der Waals surface area contributed by atoms with E-state index < -0.39 is 43.5 Å². The molecule has 9 nitrogen and oxygen atoms in total. The van der Waals surface area contributed by atoms with Crippen LogP contribution in [-0.4, -0.2) is 56.6 Å². The zero-order chi connectivity index (χ0) is 20.2. The van der Waals surface area contributed by atoms with Gasteiger partial charge < -0.3 is 23.3 Å². The predicted octanol–water partition coefficient (Wildman–Crippen LogP) is 2.32. The lowest BCUT2D eigenvalue weighted by Crippen LogP contribution is -2.40. The number of hydrogen-bond acceptors (Lipinski definition) is 9. The molecule has 0 aliphatic carbocycles. The molecular formula is C16H29O9P. The summed E-state index contributed by atoms with van der Waals surface area (Å²) < 4.78 is 38.4. The summed E-state index contributed by atoms with van der Waals surface area (Å²) in [6, 6.07) is 0. The number of carbonyl (C=O) groups is 3. The van der Waals surface area contributed by atoms with E-state index in [0.717, 1.165) is 0 Å². The van der Waals surface area contributed by atoms with Gasteiger partial charge in [0.25, 0.3) is 0 Å². The lowest BCUT2D eigenvalue weighted by atomic mass is 10.0. The second-order valence-corrected chi connectivity index (χ2v) is 7.09. The summed E-state index contributed by atoms with van der Waals surface area (Å²) in [5.41, 5.74) is -1.63. The first-order valence-electron chi connectivity index (χ1n) is 8.68.